The number of rotatable bonds is 3. The van der Waals surface area contributed by atoms with Gasteiger partial charge in [0.25, 0.3) is 0 Å². The van der Waals surface area contributed by atoms with Gasteiger partial charge >= 0.3 is 0 Å². The van der Waals surface area contributed by atoms with Crippen molar-refractivity contribution in [1.82, 2.24) is 4.90 Å². The molecule has 0 radical (unpaired) electrons. The van der Waals surface area contributed by atoms with Crippen LogP contribution in [-0.2, 0) is 0 Å². The molecule has 0 heterocycles. The van der Waals surface area contributed by atoms with Crippen LogP contribution in [0.3, 0.4) is 0 Å². The molecule has 0 aliphatic heterocycles. The lowest BCUT2D eigenvalue weighted by Gasteiger charge is -2.08. The Kier molecular flexibility index (Phi) is 4.03. The molecule has 1 aromatic rings. The molecule has 3 heteroatoms. The van der Waals surface area contributed by atoms with Crippen LogP contribution >= 0.6 is 0 Å². The second kappa shape index (κ2) is 5.29. The highest BCUT2D eigenvalue weighted by Gasteiger charge is 1.97. The lowest BCUT2D eigenvalue weighted by molar-refractivity contribution is 0.552. The van der Waals surface area contributed by atoms with Crippen molar-refractivity contribution in [3.63, 3.8) is 0 Å². The van der Waals surface area contributed by atoms with Crippen LogP contribution in [0.1, 0.15) is 18.1 Å². The molecule has 0 atom stereocenters. The Hall–Kier alpha value is -1.64. The van der Waals surface area contributed by atoms with Gasteiger partial charge in [-0.3, -0.25) is 5.41 Å². The molecule has 1 N–H and O–H groups in total. The summed E-state index contributed by atoms with van der Waals surface area (Å²) < 4.78 is 0. The van der Waals surface area contributed by atoms with Crippen molar-refractivity contribution in [2.45, 2.75) is 13.8 Å². The SMILES string of the molecule is CCN(C)C=NC(=N)c1ccc(C)cc1. The Morgan fingerprint density at radius 3 is 2.53 bits per heavy atom. The van der Waals surface area contributed by atoms with Crippen LogP contribution in [0.25, 0.3) is 0 Å². The van der Waals surface area contributed by atoms with Gasteiger partial charge in [-0.05, 0) is 13.8 Å². The maximum absolute atomic E-state index is 7.74. The van der Waals surface area contributed by atoms with Crippen LogP contribution in [0.4, 0.5) is 0 Å². The first kappa shape index (κ1) is 11.4. The molecule has 15 heavy (non-hydrogen) atoms. The molecule has 0 amide bonds. The molecule has 0 bridgehead atoms. The monoisotopic (exact) mass is 203 g/mol. The molecule has 0 aliphatic rings. The number of hydrogen-bond donors (Lipinski definition) is 1. The Morgan fingerprint density at radius 1 is 1.40 bits per heavy atom. The lowest BCUT2D eigenvalue weighted by Crippen LogP contribution is -2.15. The number of nitrogens with zero attached hydrogens (tertiary/aromatic N) is 2. The van der Waals surface area contributed by atoms with Crippen molar-refractivity contribution < 1.29 is 0 Å². The van der Waals surface area contributed by atoms with Gasteiger partial charge in [0.15, 0.2) is 5.84 Å². The number of hydrogen-bond acceptors (Lipinski definition) is 1. The number of amidine groups is 1. The van der Waals surface area contributed by atoms with E-state index in [0.29, 0.717) is 5.84 Å². The molecular formula is C12H17N3. The molecule has 1 rings (SSSR count). The zero-order valence-corrected chi connectivity index (χ0v) is 9.49. The third-order valence-corrected chi connectivity index (χ3v) is 2.21. The van der Waals surface area contributed by atoms with Crippen LogP contribution in [0.15, 0.2) is 29.3 Å². The molecule has 0 fully saturated rings. The fourth-order valence-electron chi connectivity index (χ4n) is 1.02. The first-order chi connectivity index (χ1) is 7.13. The molecule has 0 aromatic heterocycles. The van der Waals surface area contributed by atoms with Crippen LogP contribution in [0.5, 0.6) is 0 Å². The predicted molar refractivity (Wildman–Crippen MR) is 64.8 cm³/mol. The largest absolute Gasteiger partial charge is 0.366 e. The van der Waals surface area contributed by atoms with Gasteiger partial charge in [-0.25, -0.2) is 4.99 Å². The van der Waals surface area contributed by atoms with Crippen LogP contribution in [0, 0.1) is 12.3 Å². The molecule has 0 saturated heterocycles. The Labute approximate surface area is 91.0 Å². The summed E-state index contributed by atoms with van der Waals surface area (Å²) in [7, 11) is 1.94. The van der Waals surface area contributed by atoms with Gasteiger partial charge < -0.3 is 4.90 Å². The molecule has 0 unspecified atom stereocenters. The molecule has 3 nitrogen and oxygen atoms in total. The standard InChI is InChI=1S/C12H17N3/c1-4-15(3)9-14-12(13)11-7-5-10(2)6-8-11/h5-9,13H,4H2,1-3H3. The second-order valence-corrected chi connectivity index (χ2v) is 3.53. The third kappa shape index (κ3) is 3.54. The van der Waals surface area contributed by atoms with Crippen molar-refractivity contribution in [3.05, 3.63) is 35.4 Å². The van der Waals surface area contributed by atoms with Gasteiger partial charge in [0, 0.05) is 19.2 Å². The molecule has 80 valence electrons. The maximum atomic E-state index is 7.74. The third-order valence-electron chi connectivity index (χ3n) is 2.21. The lowest BCUT2D eigenvalue weighted by atomic mass is 10.1. The van der Waals surface area contributed by atoms with Crippen LogP contribution < -0.4 is 0 Å². The van der Waals surface area contributed by atoms with E-state index in [-0.39, 0.29) is 0 Å². The normalized spacial score (nSPS) is 10.6. The van der Waals surface area contributed by atoms with Gasteiger partial charge in [0.1, 0.15) is 0 Å². The molecule has 0 spiro atoms. The minimum Gasteiger partial charge on any atom is -0.366 e. The topological polar surface area (TPSA) is 39.5 Å². The van der Waals surface area contributed by atoms with Gasteiger partial charge in [0.2, 0.25) is 0 Å². The quantitative estimate of drug-likeness (QED) is 0.594. The van der Waals surface area contributed by atoms with E-state index in [9.17, 15) is 0 Å². The van der Waals surface area contributed by atoms with Crippen molar-refractivity contribution in [2.75, 3.05) is 13.6 Å². The zero-order chi connectivity index (χ0) is 11.3. The van der Waals surface area contributed by atoms with Gasteiger partial charge in [-0.2, -0.15) is 0 Å². The number of benzene rings is 1. The van der Waals surface area contributed by atoms with E-state index >= 15 is 0 Å². The summed E-state index contributed by atoms with van der Waals surface area (Å²) in [5.41, 5.74) is 2.04. The molecule has 0 aliphatic carbocycles. The van der Waals surface area contributed by atoms with Crippen molar-refractivity contribution >= 4 is 12.2 Å². The second-order valence-electron chi connectivity index (χ2n) is 3.53. The van der Waals surface area contributed by atoms with Crippen molar-refractivity contribution in [3.8, 4) is 0 Å². The van der Waals surface area contributed by atoms with E-state index in [1.807, 2.05) is 50.1 Å². The molecular weight excluding hydrogens is 186 g/mol. The van der Waals surface area contributed by atoms with Crippen molar-refractivity contribution in [2.24, 2.45) is 4.99 Å². The Morgan fingerprint density at radius 2 is 2.00 bits per heavy atom. The molecule has 0 saturated carbocycles. The van der Waals surface area contributed by atoms with E-state index in [1.54, 1.807) is 6.34 Å². The van der Waals surface area contributed by atoms with Gasteiger partial charge in [0.05, 0.1) is 6.34 Å². The van der Waals surface area contributed by atoms with E-state index in [2.05, 4.69) is 4.99 Å². The zero-order valence-electron chi connectivity index (χ0n) is 9.49. The van der Waals surface area contributed by atoms with Crippen LogP contribution in [0.2, 0.25) is 0 Å². The van der Waals surface area contributed by atoms with E-state index in [1.165, 1.54) is 5.56 Å². The fourth-order valence-corrected chi connectivity index (χ4v) is 1.02. The van der Waals surface area contributed by atoms with E-state index in [0.717, 1.165) is 12.1 Å². The fraction of sp³-hybridized carbons (Fsp3) is 0.333. The highest BCUT2D eigenvalue weighted by atomic mass is 15.1. The minimum atomic E-state index is 0.301. The highest BCUT2D eigenvalue weighted by Crippen LogP contribution is 2.04. The average molecular weight is 203 g/mol. The number of nitrogens with one attached hydrogen (secondary N) is 1. The summed E-state index contributed by atoms with van der Waals surface area (Å²) in [6.07, 6.45) is 1.68. The summed E-state index contributed by atoms with van der Waals surface area (Å²) in [6, 6.07) is 7.81. The highest BCUT2D eigenvalue weighted by molar-refractivity contribution is 6.00. The Balaban J connectivity index is 2.69. The first-order valence-corrected chi connectivity index (χ1v) is 5.03. The van der Waals surface area contributed by atoms with E-state index < -0.39 is 0 Å². The predicted octanol–water partition coefficient (Wildman–Crippen LogP) is 2.30. The van der Waals surface area contributed by atoms with E-state index in [4.69, 9.17) is 5.41 Å². The first-order valence-electron chi connectivity index (χ1n) is 5.03. The summed E-state index contributed by atoms with van der Waals surface area (Å²) in [5.74, 6) is 0.301. The van der Waals surface area contributed by atoms with Crippen LogP contribution in [-0.4, -0.2) is 30.7 Å². The molecule has 1 aromatic carbocycles. The van der Waals surface area contributed by atoms with Crippen molar-refractivity contribution in [1.29, 1.82) is 5.41 Å². The summed E-state index contributed by atoms with van der Waals surface area (Å²) in [6.45, 7) is 4.97. The summed E-state index contributed by atoms with van der Waals surface area (Å²) >= 11 is 0. The average Bonchev–Trinajstić information content (AvgIpc) is 2.26. The minimum absolute atomic E-state index is 0.301. The van der Waals surface area contributed by atoms with Gasteiger partial charge in [-0.15, -0.1) is 0 Å². The number of aryl methyl sites for hydroxylation is 1. The Bertz CT molecular complexity index is 352. The number of aliphatic imine (C=N–C) groups is 1. The van der Waals surface area contributed by atoms with Gasteiger partial charge in [-0.1, -0.05) is 29.8 Å². The maximum Gasteiger partial charge on any atom is 0.153 e. The summed E-state index contributed by atoms with van der Waals surface area (Å²) in [4.78, 5) is 6.01. The summed E-state index contributed by atoms with van der Waals surface area (Å²) in [5, 5.41) is 7.74. The smallest absolute Gasteiger partial charge is 0.153 e.